The molecule has 30 heavy (non-hydrogen) atoms. The number of amides is 2. The number of hydrogen-bond donors (Lipinski definition) is 1. The van der Waals surface area contributed by atoms with Gasteiger partial charge in [0.05, 0.1) is 11.5 Å². The predicted octanol–water partition coefficient (Wildman–Crippen LogP) is 3.92. The highest BCUT2D eigenvalue weighted by Crippen LogP contribution is 2.35. The molecule has 2 heterocycles. The molecule has 2 aromatic carbocycles. The Morgan fingerprint density at radius 1 is 1.07 bits per heavy atom. The fraction of sp³-hybridized carbons (Fsp3) is 0.364. The van der Waals surface area contributed by atoms with Crippen LogP contribution in [0.25, 0.3) is 11.1 Å². The zero-order chi connectivity index (χ0) is 21.5. The number of hydrogen-bond acceptors (Lipinski definition) is 2. The maximum absolute atomic E-state index is 14.2. The van der Waals surface area contributed by atoms with E-state index in [9.17, 15) is 27.2 Å². The second-order valence-electron chi connectivity index (χ2n) is 7.73. The summed E-state index contributed by atoms with van der Waals surface area (Å²) in [4.78, 5) is 25.8. The third-order valence-corrected chi connectivity index (χ3v) is 5.75. The van der Waals surface area contributed by atoms with Crippen molar-refractivity contribution in [3.05, 3.63) is 58.9 Å². The second-order valence-corrected chi connectivity index (χ2v) is 7.73. The number of nitrogens with one attached hydrogen (secondary N) is 1. The van der Waals surface area contributed by atoms with Crippen molar-refractivity contribution in [2.24, 2.45) is 5.92 Å². The maximum Gasteiger partial charge on any atom is 0.416 e. The summed E-state index contributed by atoms with van der Waals surface area (Å²) in [6, 6.07) is 7.43. The van der Waals surface area contributed by atoms with Gasteiger partial charge < -0.3 is 10.2 Å². The van der Waals surface area contributed by atoms with Gasteiger partial charge in [0, 0.05) is 31.6 Å². The van der Waals surface area contributed by atoms with Gasteiger partial charge in [-0.15, -0.1) is 0 Å². The molecule has 2 aliphatic heterocycles. The van der Waals surface area contributed by atoms with Crippen LogP contribution in [-0.4, -0.2) is 29.8 Å². The normalized spacial score (nSPS) is 19.3. The lowest BCUT2D eigenvalue weighted by Crippen LogP contribution is -2.46. The van der Waals surface area contributed by atoms with Crippen LogP contribution in [0.3, 0.4) is 0 Å². The number of rotatable bonds is 2. The SMILES string of the molecule is O=C1CCC(C(=O)N2CCc3cc(-c4cc(C(F)(F)F)ccc4F)ccc3C2)CN1. The molecule has 0 bridgehead atoms. The minimum atomic E-state index is -4.55. The number of alkyl halides is 3. The molecule has 4 rings (SSSR count). The second kappa shape index (κ2) is 7.74. The highest BCUT2D eigenvalue weighted by molar-refractivity contribution is 5.84. The lowest BCUT2D eigenvalue weighted by molar-refractivity contribution is -0.139. The van der Waals surface area contributed by atoms with Crippen molar-refractivity contribution < 1.29 is 27.2 Å². The van der Waals surface area contributed by atoms with Gasteiger partial charge in [-0.25, -0.2) is 4.39 Å². The van der Waals surface area contributed by atoms with E-state index in [1.54, 1.807) is 23.1 Å². The summed E-state index contributed by atoms with van der Waals surface area (Å²) in [5, 5.41) is 2.72. The third-order valence-electron chi connectivity index (χ3n) is 5.75. The van der Waals surface area contributed by atoms with Crippen molar-refractivity contribution in [1.29, 1.82) is 0 Å². The molecule has 1 atom stereocenters. The summed E-state index contributed by atoms with van der Waals surface area (Å²) >= 11 is 0. The highest BCUT2D eigenvalue weighted by atomic mass is 19.4. The average Bonchev–Trinajstić information content (AvgIpc) is 2.72. The Balaban J connectivity index is 1.54. The lowest BCUT2D eigenvalue weighted by Gasteiger charge is -2.33. The van der Waals surface area contributed by atoms with E-state index in [-0.39, 0.29) is 23.3 Å². The van der Waals surface area contributed by atoms with Gasteiger partial charge in [0.25, 0.3) is 0 Å². The van der Waals surface area contributed by atoms with Gasteiger partial charge in [-0.2, -0.15) is 13.2 Å². The molecule has 4 nitrogen and oxygen atoms in total. The molecule has 2 aliphatic rings. The zero-order valence-electron chi connectivity index (χ0n) is 16.1. The molecule has 0 radical (unpaired) electrons. The van der Waals surface area contributed by atoms with Crippen molar-refractivity contribution in [2.75, 3.05) is 13.1 Å². The molecule has 2 aromatic rings. The first kappa shape index (κ1) is 20.4. The first-order valence-corrected chi connectivity index (χ1v) is 9.77. The van der Waals surface area contributed by atoms with Crippen LogP contribution in [-0.2, 0) is 28.7 Å². The molecular formula is C22H20F4N2O2. The van der Waals surface area contributed by atoms with Crippen LogP contribution < -0.4 is 5.32 Å². The summed E-state index contributed by atoms with van der Waals surface area (Å²) < 4.78 is 53.2. The molecular weight excluding hydrogens is 400 g/mol. The average molecular weight is 420 g/mol. The van der Waals surface area contributed by atoms with Crippen LogP contribution in [0.5, 0.6) is 0 Å². The Labute approximate surface area is 170 Å². The summed E-state index contributed by atoms with van der Waals surface area (Å²) in [5.41, 5.74) is 1.18. The third kappa shape index (κ3) is 4.04. The minimum absolute atomic E-state index is 0.00588. The van der Waals surface area contributed by atoms with Crippen LogP contribution >= 0.6 is 0 Å². The van der Waals surface area contributed by atoms with Gasteiger partial charge in [-0.1, -0.05) is 18.2 Å². The Bertz CT molecular complexity index is 993. The monoisotopic (exact) mass is 420 g/mol. The summed E-state index contributed by atoms with van der Waals surface area (Å²) in [5.74, 6) is -0.997. The molecule has 8 heteroatoms. The van der Waals surface area contributed by atoms with E-state index in [2.05, 4.69) is 5.32 Å². The Hall–Kier alpha value is -2.90. The molecule has 1 N–H and O–H groups in total. The Kier molecular flexibility index (Phi) is 5.26. The number of carbonyl (C=O) groups is 2. The van der Waals surface area contributed by atoms with E-state index in [0.29, 0.717) is 44.5 Å². The van der Waals surface area contributed by atoms with Crippen LogP contribution in [0.2, 0.25) is 0 Å². The first-order chi connectivity index (χ1) is 14.2. The quantitative estimate of drug-likeness (QED) is 0.749. The molecule has 1 unspecified atom stereocenters. The molecule has 0 aromatic heterocycles. The van der Waals surface area contributed by atoms with Crippen LogP contribution in [0.4, 0.5) is 17.6 Å². The van der Waals surface area contributed by atoms with Gasteiger partial charge in [0.2, 0.25) is 11.8 Å². The fourth-order valence-corrected chi connectivity index (χ4v) is 4.03. The van der Waals surface area contributed by atoms with E-state index < -0.39 is 17.6 Å². The standard InChI is InChI=1S/C22H20F4N2O2/c23-19-5-4-17(22(24,25)26)10-18(19)14-1-2-16-12-28(8-7-13(16)9-14)21(30)15-3-6-20(29)27-11-15/h1-2,4-5,9-10,15H,3,6-8,11-12H2,(H,27,29). The predicted molar refractivity (Wildman–Crippen MR) is 102 cm³/mol. The number of halogens is 4. The lowest BCUT2D eigenvalue weighted by atomic mass is 9.92. The number of piperidine rings is 1. The molecule has 1 saturated heterocycles. The van der Waals surface area contributed by atoms with Crippen molar-refractivity contribution in [3.63, 3.8) is 0 Å². The molecule has 158 valence electrons. The van der Waals surface area contributed by atoms with Crippen LogP contribution in [0.15, 0.2) is 36.4 Å². The van der Waals surface area contributed by atoms with Gasteiger partial charge in [0.1, 0.15) is 5.82 Å². The van der Waals surface area contributed by atoms with Crippen molar-refractivity contribution in [3.8, 4) is 11.1 Å². The molecule has 0 saturated carbocycles. The summed E-state index contributed by atoms with van der Waals surface area (Å²) in [7, 11) is 0. The number of carbonyl (C=O) groups excluding carboxylic acids is 2. The number of benzene rings is 2. The van der Waals surface area contributed by atoms with Gasteiger partial charge in [0.15, 0.2) is 0 Å². The van der Waals surface area contributed by atoms with E-state index in [1.807, 2.05) is 0 Å². The van der Waals surface area contributed by atoms with E-state index in [0.717, 1.165) is 29.3 Å². The van der Waals surface area contributed by atoms with Crippen molar-refractivity contribution >= 4 is 11.8 Å². The molecule has 2 amide bonds. The van der Waals surface area contributed by atoms with Gasteiger partial charge in [-0.05, 0) is 47.7 Å². The largest absolute Gasteiger partial charge is 0.416 e. The fourth-order valence-electron chi connectivity index (χ4n) is 4.03. The maximum atomic E-state index is 14.2. The number of nitrogens with zero attached hydrogens (tertiary/aromatic N) is 1. The molecule has 1 fully saturated rings. The van der Waals surface area contributed by atoms with Crippen molar-refractivity contribution in [1.82, 2.24) is 10.2 Å². The van der Waals surface area contributed by atoms with Gasteiger partial charge >= 0.3 is 6.18 Å². The topological polar surface area (TPSA) is 49.4 Å². The zero-order valence-corrected chi connectivity index (χ0v) is 16.1. The first-order valence-electron chi connectivity index (χ1n) is 9.77. The smallest absolute Gasteiger partial charge is 0.355 e. The molecule has 0 aliphatic carbocycles. The molecule has 0 spiro atoms. The number of fused-ring (bicyclic) bond motifs is 1. The van der Waals surface area contributed by atoms with Gasteiger partial charge in [-0.3, -0.25) is 9.59 Å². The van der Waals surface area contributed by atoms with E-state index >= 15 is 0 Å². The summed E-state index contributed by atoms with van der Waals surface area (Å²) in [6.07, 6.45) is -3.14. The van der Waals surface area contributed by atoms with Crippen molar-refractivity contribution in [2.45, 2.75) is 32.0 Å². The van der Waals surface area contributed by atoms with Crippen LogP contribution in [0.1, 0.15) is 29.5 Å². The van der Waals surface area contributed by atoms with E-state index in [4.69, 9.17) is 0 Å². The minimum Gasteiger partial charge on any atom is -0.355 e. The Morgan fingerprint density at radius 2 is 1.87 bits per heavy atom. The summed E-state index contributed by atoms with van der Waals surface area (Å²) in [6.45, 7) is 1.21. The van der Waals surface area contributed by atoms with Crippen LogP contribution in [0, 0.1) is 11.7 Å². The van der Waals surface area contributed by atoms with E-state index in [1.165, 1.54) is 0 Å². The Morgan fingerprint density at radius 3 is 2.57 bits per heavy atom. The highest BCUT2D eigenvalue weighted by Gasteiger charge is 2.32.